The van der Waals surface area contributed by atoms with Gasteiger partial charge in [0.15, 0.2) is 5.12 Å². The molecule has 2 N–H and O–H groups in total. The van der Waals surface area contributed by atoms with Gasteiger partial charge in [-0.1, -0.05) is 23.4 Å². The van der Waals surface area contributed by atoms with Crippen molar-refractivity contribution in [1.29, 1.82) is 0 Å². The van der Waals surface area contributed by atoms with Crippen LogP contribution in [-0.2, 0) is 4.79 Å². The number of aliphatic hydroxyl groups excluding tert-OH is 2. The summed E-state index contributed by atoms with van der Waals surface area (Å²) in [5.41, 5.74) is 0.455. The highest BCUT2D eigenvalue weighted by Gasteiger charge is 2.20. The summed E-state index contributed by atoms with van der Waals surface area (Å²) in [6, 6.07) is 4.75. The summed E-state index contributed by atoms with van der Waals surface area (Å²) in [6.07, 6.45) is -2.15. The lowest BCUT2D eigenvalue weighted by atomic mass is 10.1. The summed E-state index contributed by atoms with van der Waals surface area (Å²) in [7, 11) is 1.49. The number of hydrogen-bond acceptors (Lipinski definition) is 5. The van der Waals surface area contributed by atoms with E-state index in [0.717, 1.165) is 11.8 Å². The van der Waals surface area contributed by atoms with Crippen LogP contribution in [0.4, 0.5) is 0 Å². The minimum atomic E-state index is -1.11. The fourth-order valence-electron chi connectivity index (χ4n) is 1.39. The van der Waals surface area contributed by atoms with Crippen molar-refractivity contribution in [2.24, 2.45) is 0 Å². The van der Waals surface area contributed by atoms with Gasteiger partial charge in [0.1, 0.15) is 11.9 Å². The Morgan fingerprint density at radius 1 is 1.44 bits per heavy atom. The lowest BCUT2D eigenvalue weighted by Crippen LogP contribution is -2.21. The molecule has 0 saturated heterocycles. The fourth-order valence-corrected chi connectivity index (χ4v) is 2.21. The molecular weight excluding hydrogens is 276 g/mol. The van der Waals surface area contributed by atoms with Crippen LogP contribution in [0.25, 0.3) is 0 Å². The van der Waals surface area contributed by atoms with Crippen molar-refractivity contribution in [3.8, 4) is 5.75 Å². The summed E-state index contributed by atoms with van der Waals surface area (Å²) in [4.78, 5) is 10.8. The Labute approximate surface area is 115 Å². The van der Waals surface area contributed by atoms with Crippen LogP contribution in [0.3, 0.4) is 0 Å². The molecule has 100 valence electrons. The summed E-state index contributed by atoms with van der Waals surface area (Å²) < 4.78 is 5.03. The first-order valence-corrected chi connectivity index (χ1v) is 6.64. The first kappa shape index (κ1) is 15.3. The van der Waals surface area contributed by atoms with Gasteiger partial charge in [0.25, 0.3) is 0 Å². The van der Waals surface area contributed by atoms with Crippen LogP contribution in [0.15, 0.2) is 18.2 Å². The summed E-state index contributed by atoms with van der Waals surface area (Å²) in [6.45, 7) is 1.41. The standard InChI is InChI=1S/C12H15ClO4S/c1-7(14)18-6-11(15)12(16)8-3-9(13)5-10(4-8)17-2/h3-5,11-12,15-16H,6H2,1-2H3. The minimum Gasteiger partial charge on any atom is -0.497 e. The highest BCUT2D eigenvalue weighted by atomic mass is 35.5. The third-order valence-electron chi connectivity index (χ3n) is 2.29. The molecule has 18 heavy (non-hydrogen) atoms. The third kappa shape index (κ3) is 4.49. The zero-order valence-electron chi connectivity index (χ0n) is 10.1. The quantitative estimate of drug-likeness (QED) is 0.868. The molecular formula is C12H15ClO4S. The van der Waals surface area contributed by atoms with Crippen molar-refractivity contribution in [2.75, 3.05) is 12.9 Å². The maximum Gasteiger partial charge on any atom is 0.185 e. The van der Waals surface area contributed by atoms with Gasteiger partial charge in [0.2, 0.25) is 0 Å². The maximum absolute atomic E-state index is 10.8. The predicted octanol–water partition coefficient (Wildman–Crippen LogP) is 2.02. The molecule has 0 aromatic heterocycles. The maximum atomic E-state index is 10.8. The van der Waals surface area contributed by atoms with E-state index >= 15 is 0 Å². The molecule has 0 spiro atoms. The molecule has 2 atom stereocenters. The monoisotopic (exact) mass is 290 g/mol. The zero-order valence-corrected chi connectivity index (χ0v) is 11.7. The SMILES string of the molecule is COc1cc(Cl)cc(C(O)C(O)CSC(C)=O)c1. The highest BCUT2D eigenvalue weighted by Crippen LogP contribution is 2.27. The van der Waals surface area contributed by atoms with Crippen molar-refractivity contribution in [2.45, 2.75) is 19.1 Å². The van der Waals surface area contributed by atoms with E-state index in [-0.39, 0.29) is 10.9 Å². The van der Waals surface area contributed by atoms with Crippen molar-refractivity contribution in [3.05, 3.63) is 28.8 Å². The fraction of sp³-hybridized carbons (Fsp3) is 0.417. The Balaban J connectivity index is 2.79. The average Bonchev–Trinajstić information content (AvgIpc) is 2.34. The van der Waals surface area contributed by atoms with E-state index in [4.69, 9.17) is 16.3 Å². The topological polar surface area (TPSA) is 66.8 Å². The number of aliphatic hydroxyl groups is 2. The number of hydrogen-bond donors (Lipinski definition) is 2. The van der Waals surface area contributed by atoms with E-state index in [1.54, 1.807) is 18.2 Å². The normalized spacial score (nSPS) is 14.1. The van der Waals surface area contributed by atoms with E-state index in [9.17, 15) is 15.0 Å². The molecule has 1 aromatic rings. The van der Waals surface area contributed by atoms with Crippen LogP contribution in [0, 0.1) is 0 Å². The number of halogens is 1. The van der Waals surface area contributed by atoms with Gasteiger partial charge in [-0.05, 0) is 23.8 Å². The molecule has 0 aliphatic rings. The molecule has 0 fully saturated rings. The number of ether oxygens (including phenoxy) is 1. The van der Waals surface area contributed by atoms with Gasteiger partial charge in [0, 0.05) is 17.7 Å². The second kappa shape index (κ2) is 6.99. The first-order valence-electron chi connectivity index (χ1n) is 5.28. The Bertz CT molecular complexity index is 425. The average molecular weight is 291 g/mol. The van der Waals surface area contributed by atoms with Crippen LogP contribution in [-0.4, -0.2) is 34.3 Å². The molecule has 1 aromatic carbocycles. The molecule has 4 nitrogen and oxygen atoms in total. The van der Waals surface area contributed by atoms with Crippen molar-refractivity contribution < 1.29 is 19.7 Å². The zero-order chi connectivity index (χ0) is 13.7. The van der Waals surface area contributed by atoms with E-state index in [1.807, 2.05) is 0 Å². The number of benzene rings is 1. The largest absolute Gasteiger partial charge is 0.497 e. The van der Waals surface area contributed by atoms with E-state index in [1.165, 1.54) is 14.0 Å². The molecule has 0 bridgehead atoms. The Morgan fingerprint density at radius 2 is 2.11 bits per heavy atom. The van der Waals surface area contributed by atoms with Gasteiger partial charge in [-0.15, -0.1) is 0 Å². The number of carbonyl (C=O) groups excluding carboxylic acids is 1. The lowest BCUT2D eigenvalue weighted by molar-refractivity contribution is -0.109. The van der Waals surface area contributed by atoms with Gasteiger partial charge in [-0.25, -0.2) is 0 Å². The van der Waals surface area contributed by atoms with Gasteiger partial charge >= 0.3 is 0 Å². The van der Waals surface area contributed by atoms with Gasteiger partial charge in [-0.2, -0.15) is 0 Å². The summed E-state index contributed by atoms with van der Waals surface area (Å²) in [5.74, 6) is 0.633. The Morgan fingerprint density at radius 3 is 2.67 bits per heavy atom. The molecule has 2 unspecified atom stereocenters. The lowest BCUT2D eigenvalue weighted by Gasteiger charge is -2.18. The van der Waals surface area contributed by atoms with Crippen molar-refractivity contribution >= 4 is 28.5 Å². The highest BCUT2D eigenvalue weighted by molar-refractivity contribution is 8.13. The van der Waals surface area contributed by atoms with E-state index < -0.39 is 12.2 Å². The molecule has 1 rings (SSSR count). The Kier molecular flexibility index (Phi) is 5.95. The van der Waals surface area contributed by atoms with Crippen molar-refractivity contribution in [1.82, 2.24) is 0 Å². The van der Waals surface area contributed by atoms with E-state index in [0.29, 0.717) is 16.3 Å². The molecule has 0 aliphatic heterocycles. The molecule has 0 amide bonds. The van der Waals surface area contributed by atoms with Crippen LogP contribution in [0.5, 0.6) is 5.75 Å². The number of methoxy groups -OCH3 is 1. The van der Waals surface area contributed by atoms with Crippen molar-refractivity contribution in [3.63, 3.8) is 0 Å². The second-order valence-electron chi connectivity index (χ2n) is 3.74. The van der Waals surface area contributed by atoms with Gasteiger partial charge < -0.3 is 14.9 Å². The van der Waals surface area contributed by atoms with Crippen LogP contribution >= 0.6 is 23.4 Å². The minimum absolute atomic E-state index is 0.107. The molecule has 0 radical (unpaired) electrons. The van der Waals surface area contributed by atoms with E-state index in [2.05, 4.69) is 0 Å². The van der Waals surface area contributed by atoms with Crippen LogP contribution in [0.2, 0.25) is 5.02 Å². The molecule has 6 heteroatoms. The third-order valence-corrected chi connectivity index (χ3v) is 3.43. The number of rotatable bonds is 5. The summed E-state index contributed by atoms with van der Waals surface area (Å²) >= 11 is 6.84. The van der Waals surface area contributed by atoms with Crippen LogP contribution < -0.4 is 4.74 Å². The van der Waals surface area contributed by atoms with Crippen LogP contribution in [0.1, 0.15) is 18.6 Å². The number of thioether (sulfide) groups is 1. The molecule has 0 saturated carbocycles. The Hall–Kier alpha value is -0.750. The predicted molar refractivity (Wildman–Crippen MR) is 72.1 cm³/mol. The number of carbonyl (C=O) groups is 1. The molecule has 0 aliphatic carbocycles. The van der Waals surface area contributed by atoms with Gasteiger partial charge in [-0.3, -0.25) is 4.79 Å². The smallest absolute Gasteiger partial charge is 0.185 e. The first-order chi connectivity index (χ1) is 8.43. The second-order valence-corrected chi connectivity index (χ2v) is 5.37. The van der Waals surface area contributed by atoms with Gasteiger partial charge in [0.05, 0.1) is 13.2 Å². The molecule has 0 heterocycles. The summed E-state index contributed by atoms with van der Waals surface area (Å²) in [5, 5.41) is 20.0.